The van der Waals surface area contributed by atoms with E-state index < -0.39 is 0 Å². The van der Waals surface area contributed by atoms with E-state index in [-0.39, 0.29) is 12.5 Å². The van der Waals surface area contributed by atoms with Gasteiger partial charge in [-0.25, -0.2) is 0 Å². The zero-order valence-corrected chi connectivity index (χ0v) is 9.59. The third kappa shape index (κ3) is 2.84. The molecule has 0 bridgehead atoms. The van der Waals surface area contributed by atoms with Gasteiger partial charge in [0, 0.05) is 18.7 Å². The minimum atomic E-state index is 0.0152. The number of hydrogen-bond donors (Lipinski definition) is 0. The highest BCUT2D eigenvalue weighted by atomic mass is 16.5. The van der Waals surface area contributed by atoms with Crippen LogP contribution in [0, 0.1) is 0 Å². The lowest BCUT2D eigenvalue weighted by Gasteiger charge is -2.15. The Morgan fingerprint density at radius 1 is 1.35 bits per heavy atom. The number of amides is 1. The van der Waals surface area contributed by atoms with Crippen LogP contribution in [0.1, 0.15) is 23.2 Å². The molecule has 0 spiro atoms. The van der Waals surface area contributed by atoms with Gasteiger partial charge in [0.2, 0.25) is 0 Å². The van der Waals surface area contributed by atoms with Crippen LogP contribution >= 0.6 is 0 Å². The smallest absolute Gasteiger partial charge is 0.253 e. The first-order valence-electron chi connectivity index (χ1n) is 5.77. The van der Waals surface area contributed by atoms with E-state index in [4.69, 9.17) is 4.74 Å². The summed E-state index contributed by atoms with van der Waals surface area (Å²) >= 11 is 0. The summed E-state index contributed by atoms with van der Waals surface area (Å²) in [5.41, 5.74) is 0.621. The van der Waals surface area contributed by atoms with E-state index in [1.807, 2.05) is 4.90 Å². The SMILES string of the molecule is O=CCOc1cccc(C(=O)N2CCCC2)c1. The molecular formula is C13H15NO3. The van der Waals surface area contributed by atoms with Crippen molar-refractivity contribution in [3.8, 4) is 5.75 Å². The average Bonchev–Trinajstić information content (AvgIpc) is 2.89. The standard InChI is InChI=1S/C13H15NO3/c15-8-9-17-12-5-3-4-11(10-12)13(16)14-6-1-2-7-14/h3-5,8,10H,1-2,6-7,9H2. The number of aldehydes is 1. The van der Waals surface area contributed by atoms with Crippen molar-refractivity contribution in [3.63, 3.8) is 0 Å². The molecule has 4 heteroatoms. The normalized spacial score (nSPS) is 14.7. The van der Waals surface area contributed by atoms with Gasteiger partial charge in [0.05, 0.1) is 0 Å². The lowest BCUT2D eigenvalue weighted by molar-refractivity contribution is -0.109. The van der Waals surface area contributed by atoms with E-state index in [2.05, 4.69) is 0 Å². The molecule has 0 atom stereocenters. The number of likely N-dealkylation sites (tertiary alicyclic amines) is 1. The molecule has 1 aliphatic heterocycles. The lowest BCUT2D eigenvalue weighted by Crippen LogP contribution is -2.27. The number of carbonyl (C=O) groups is 2. The van der Waals surface area contributed by atoms with E-state index in [0.29, 0.717) is 17.6 Å². The first-order valence-corrected chi connectivity index (χ1v) is 5.77. The second-order valence-corrected chi connectivity index (χ2v) is 4.00. The Morgan fingerprint density at radius 3 is 2.82 bits per heavy atom. The van der Waals surface area contributed by atoms with Crippen LogP contribution in [-0.2, 0) is 4.79 Å². The van der Waals surface area contributed by atoms with Gasteiger partial charge in [-0.15, -0.1) is 0 Å². The van der Waals surface area contributed by atoms with Gasteiger partial charge >= 0.3 is 0 Å². The Hall–Kier alpha value is -1.84. The number of carbonyl (C=O) groups excluding carboxylic acids is 2. The molecule has 1 aliphatic rings. The van der Waals surface area contributed by atoms with Gasteiger partial charge in [-0.05, 0) is 31.0 Å². The highest BCUT2D eigenvalue weighted by Crippen LogP contribution is 2.17. The van der Waals surface area contributed by atoms with Crippen LogP contribution in [0.5, 0.6) is 5.75 Å². The number of benzene rings is 1. The van der Waals surface area contributed by atoms with E-state index >= 15 is 0 Å². The molecule has 1 fully saturated rings. The Labute approximate surface area is 100 Å². The molecule has 0 aromatic heterocycles. The molecule has 2 rings (SSSR count). The fourth-order valence-corrected chi connectivity index (χ4v) is 1.95. The van der Waals surface area contributed by atoms with Crippen LogP contribution in [-0.4, -0.2) is 36.8 Å². The predicted octanol–water partition coefficient (Wildman–Crippen LogP) is 1.50. The first-order chi connectivity index (χ1) is 8.31. The highest BCUT2D eigenvalue weighted by Gasteiger charge is 2.19. The summed E-state index contributed by atoms with van der Waals surface area (Å²) in [5, 5.41) is 0. The molecule has 0 unspecified atom stereocenters. The van der Waals surface area contributed by atoms with E-state index in [1.54, 1.807) is 24.3 Å². The molecular weight excluding hydrogens is 218 g/mol. The minimum absolute atomic E-state index is 0.0152. The number of rotatable bonds is 4. The molecule has 1 aromatic rings. The molecule has 0 N–H and O–H groups in total. The van der Waals surface area contributed by atoms with Crippen molar-refractivity contribution in [1.82, 2.24) is 4.90 Å². The van der Waals surface area contributed by atoms with Gasteiger partial charge in [0.15, 0.2) is 6.29 Å². The van der Waals surface area contributed by atoms with E-state index in [0.717, 1.165) is 25.9 Å². The van der Waals surface area contributed by atoms with Crippen molar-refractivity contribution < 1.29 is 14.3 Å². The molecule has 1 aromatic carbocycles. The highest BCUT2D eigenvalue weighted by molar-refractivity contribution is 5.94. The van der Waals surface area contributed by atoms with Gasteiger partial charge in [0.25, 0.3) is 5.91 Å². The molecule has 17 heavy (non-hydrogen) atoms. The number of hydrogen-bond acceptors (Lipinski definition) is 3. The summed E-state index contributed by atoms with van der Waals surface area (Å²) in [6.07, 6.45) is 2.84. The van der Waals surface area contributed by atoms with Crippen LogP contribution in [0.2, 0.25) is 0 Å². The van der Waals surface area contributed by atoms with Crippen molar-refractivity contribution in [2.75, 3.05) is 19.7 Å². The summed E-state index contributed by atoms with van der Waals surface area (Å²) in [7, 11) is 0. The van der Waals surface area contributed by atoms with Gasteiger partial charge in [-0.2, -0.15) is 0 Å². The Balaban J connectivity index is 2.08. The summed E-state index contributed by atoms with van der Waals surface area (Å²) in [6, 6.07) is 6.96. The molecule has 4 nitrogen and oxygen atoms in total. The van der Waals surface area contributed by atoms with E-state index in [1.165, 1.54) is 0 Å². The Kier molecular flexibility index (Phi) is 3.75. The monoisotopic (exact) mass is 233 g/mol. The van der Waals surface area contributed by atoms with Crippen LogP contribution in [0.25, 0.3) is 0 Å². The fourth-order valence-electron chi connectivity index (χ4n) is 1.95. The topological polar surface area (TPSA) is 46.6 Å². The van der Waals surface area contributed by atoms with Gasteiger partial charge < -0.3 is 9.64 Å². The number of ether oxygens (including phenoxy) is 1. The summed E-state index contributed by atoms with van der Waals surface area (Å²) < 4.78 is 5.17. The van der Waals surface area contributed by atoms with Crippen LogP contribution in [0.15, 0.2) is 24.3 Å². The summed E-state index contributed by atoms with van der Waals surface area (Å²) in [6.45, 7) is 1.68. The van der Waals surface area contributed by atoms with Crippen molar-refractivity contribution in [3.05, 3.63) is 29.8 Å². The zero-order valence-electron chi connectivity index (χ0n) is 9.59. The summed E-state index contributed by atoms with van der Waals surface area (Å²) in [5.74, 6) is 0.598. The van der Waals surface area contributed by atoms with Gasteiger partial charge in [0.1, 0.15) is 12.4 Å². The third-order valence-electron chi connectivity index (χ3n) is 2.79. The van der Waals surface area contributed by atoms with Crippen LogP contribution in [0.4, 0.5) is 0 Å². The van der Waals surface area contributed by atoms with Crippen molar-refractivity contribution >= 4 is 12.2 Å². The maximum Gasteiger partial charge on any atom is 0.253 e. The van der Waals surface area contributed by atoms with Gasteiger partial charge in [-0.1, -0.05) is 6.07 Å². The molecule has 1 saturated heterocycles. The maximum absolute atomic E-state index is 12.1. The molecule has 0 radical (unpaired) electrons. The average molecular weight is 233 g/mol. The largest absolute Gasteiger partial charge is 0.486 e. The van der Waals surface area contributed by atoms with E-state index in [9.17, 15) is 9.59 Å². The molecule has 0 aliphatic carbocycles. The predicted molar refractivity (Wildman–Crippen MR) is 63.1 cm³/mol. The minimum Gasteiger partial charge on any atom is -0.486 e. The number of nitrogens with zero attached hydrogens (tertiary/aromatic N) is 1. The van der Waals surface area contributed by atoms with Crippen molar-refractivity contribution in [2.24, 2.45) is 0 Å². The first kappa shape index (κ1) is 11.6. The Morgan fingerprint density at radius 2 is 2.12 bits per heavy atom. The molecule has 90 valence electrons. The third-order valence-corrected chi connectivity index (χ3v) is 2.79. The molecule has 1 amide bonds. The second kappa shape index (κ2) is 5.48. The molecule has 0 saturated carbocycles. The summed E-state index contributed by atoms with van der Waals surface area (Å²) in [4.78, 5) is 24.1. The lowest BCUT2D eigenvalue weighted by atomic mass is 10.2. The van der Waals surface area contributed by atoms with Crippen molar-refractivity contribution in [2.45, 2.75) is 12.8 Å². The maximum atomic E-state index is 12.1. The van der Waals surface area contributed by atoms with Crippen LogP contribution < -0.4 is 4.74 Å². The van der Waals surface area contributed by atoms with Crippen molar-refractivity contribution in [1.29, 1.82) is 0 Å². The quantitative estimate of drug-likeness (QED) is 0.740. The molecule has 1 heterocycles. The van der Waals surface area contributed by atoms with Crippen LogP contribution in [0.3, 0.4) is 0 Å². The Bertz CT molecular complexity index is 411. The fraction of sp³-hybridized carbons (Fsp3) is 0.385. The van der Waals surface area contributed by atoms with Gasteiger partial charge in [-0.3, -0.25) is 9.59 Å². The second-order valence-electron chi connectivity index (χ2n) is 4.00. The zero-order chi connectivity index (χ0) is 12.1.